The molecule has 0 aliphatic heterocycles. The van der Waals surface area contributed by atoms with Crippen molar-refractivity contribution >= 4 is 11.4 Å². The minimum atomic E-state index is 0.591. The highest BCUT2D eigenvalue weighted by Gasteiger charge is 2.11. The van der Waals surface area contributed by atoms with Crippen LogP contribution < -0.4 is 11.5 Å². The third-order valence-corrected chi connectivity index (χ3v) is 3.11. The molecule has 0 atom stereocenters. The molecule has 4 heteroatoms. The summed E-state index contributed by atoms with van der Waals surface area (Å²) in [5.41, 5.74) is 17.2. The summed E-state index contributed by atoms with van der Waals surface area (Å²) in [5.74, 6) is 0. The molecule has 0 bridgehead atoms. The fourth-order valence-corrected chi connectivity index (χ4v) is 2.13. The zero-order valence-electron chi connectivity index (χ0n) is 10.5. The Morgan fingerprint density at radius 3 is 2.41 bits per heavy atom. The number of nitrogens with two attached hydrogens (primary N) is 2. The van der Waals surface area contributed by atoms with Gasteiger partial charge in [-0.2, -0.15) is 5.10 Å². The number of nitrogen functional groups attached to an aromatic ring is 2. The maximum atomic E-state index is 5.82. The van der Waals surface area contributed by atoms with E-state index >= 15 is 0 Å². The molecule has 4 N–H and O–H groups in total. The van der Waals surface area contributed by atoms with Crippen LogP contribution >= 0.6 is 0 Å². The van der Waals surface area contributed by atoms with E-state index in [1.165, 1.54) is 5.56 Å². The van der Waals surface area contributed by atoms with Crippen molar-refractivity contribution < 1.29 is 0 Å². The highest BCUT2D eigenvalue weighted by molar-refractivity contribution is 5.66. The highest BCUT2D eigenvalue weighted by Crippen LogP contribution is 2.22. The van der Waals surface area contributed by atoms with Gasteiger partial charge in [0, 0.05) is 5.69 Å². The fourth-order valence-electron chi connectivity index (χ4n) is 2.13. The molecule has 0 amide bonds. The number of hydrogen-bond donors (Lipinski definition) is 2. The summed E-state index contributed by atoms with van der Waals surface area (Å²) in [4.78, 5) is 0. The van der Waals surface area contributed by atoms with Gasteiger partial charge in [0.25, 0.3) is 0 Å². The van der Waals surface area contributed by atoms with Crippen LogP contribution in [0.15, 0.2) is 18.2 Å². The summed E-state index contributed by atoms with van der Waals surface area (Å²) in [6, 6.07) is 5.60. The molecule has 0 aliphatic carbocycles. The van der Waals surface area contributed by atoms with Crippen molar-refractivity contribution in [1.29, 1.82) is 0 Å². The van der Waals surface area contributed by atoms with Crippen LogP contribution in [0.25, 0.3) is 5.69 Å². The van der Waals surface area contributed by atoms with Gasteiger partial charge in [-0.3, -0.25) is 0 Å². The minimum absolute atomic E-state index is 0.591. The maximum absolute atomic E-state index is 5.82. The molecule has 0 aliphatic rings. The minimum Gasteiger partial charge on any atom is -0.397 e. The van der Waals surface area contributed by atoms with E-state index in [0.29, 0.717) is 11.4 Å². The fraction of sp³-hybridized carbons (Fsp3) is 0.308. The molecule has 1 aromatic heterocycles. The molecular weight excluding hydrogens is 212 g/mol. The SMILES string of the molecule is CCc1c(C)nn(-c2ccc(N)c(N)c2)c1C. The van der Waals surface area contributed by atoms with Crippen molar-refractivity contribution in [1.82, 2.24) is 9.78 Å². The van der Waals surface area contributed by atoms with Gasteiger partial charge in [0.05, 0.1) is 22.8 Å². The van der Waals surface area contributed by atoms with E-state index in [2.05, 4.69) is 18.9 Å². The standard InChI is InChI=1S/C13H18N4/c1-4-11-8(2)16-17(9(11)3)10-5-6-12(14)13(15)7-10/h5-7H,4,14-15H2,1-3H3. The van der Waals surface area contributed by atoms with Crippen molar-refractivity contribution in [3.05, 3.63) is 35.2 Å². The molecule has 2 rings (SSSR count). The molecule has 2 aromatic rings. The lowest BCUT2D eigenvalue weighted by molar-refractivity contribution is 0.833. The first-order valence-corrected chi connectivity index (χ1v) is 5.75. The third kappa shape index (κ3) is 1.86. The van der Waals surface area contributed by atoms with Gasteiger partial charge in [0.1, 0.15) is 0 Å². The number of nitrogens with zero attached hydrogens (tertiary/aromatic N) is 2. The summed E-state index contributed by atoms with van der Waals surface area (Å²) in [7, 11) is 0. The Hall–Kier alpha value is -1.97. The Kier molecular flexibility index (Phi) is 2.79. The monoisotopic (exact) mass is 230 g/mol. The first kappa shape index (κ1) is 11.5. The Morgan fingerprint density at radius 2 is 1.88 bits per heavy atom. The Bertz CT molecular complexity index is 555. The number of aromatic nitrogens is 2. The van der Waals surface area contributed by atoms with Crippen LogP contribution in [-0.2, 0) is 6.42 Å². The maximum Gasteiger partial charge on any atom is 0.0670 e. The molecular formula is C13H18N4. The highest BCUT2D eigenvalue weighted by atomic mass is 15.3. The lowest BCUT2D eigenvalue weighted by atomic mass is 10.1. The molecule has 1 aromatic carbocycles. The van der Waals surface area contributed by atoms with Gasteiger partial charge in [-0.25, -0.2) is 4.68 Å². The van der Waals surface area contributed by atoms with Crippen LogP contribution in [0.2, 0.25) is 0 Å². The summed E-state index contributed by atoms with van der Waals surface area (Å²) >= 11 is 0. The second-order valence-corrected chi connectivity index (χ2v) is 4.23. The van der Waals surface area contributed by atoms with Crippen LogP contribution in [0.1, 0.15) is 23.9 Å². The molecule has 0 spiro atoms. The number of aryl methyl sites for hydroxylation is 1. The molecule has 90 valence electrons. The van der Waals surface area contributed by atoms with Gasteiger partial charge in [0.2, 0.25) is 0 Å². The number of hydrogen-bond acceptors (Lipinski definition) is 3. The first-order valence-electron chi connectivity index (χ1n) is 5.75. The molecule has 17 heavy (non-hydrogen) atoms. The van der Waals surface area contributed by atoms with Gasteiger partial charge >= 0.3 is 0 Å². The molecule has 1 heterocycles. The zero-order valence-corrected chi connectivity index (χ0v) is 10.5. The third-order valence-electron chi connectivity index (χ3n) is 3.11. The Balaban J connectivity index is 2.57. The molecule has 0 radical (unpaired) electrons. The normalized spacial score (nSPS) is 10.8. The van der Waals surface area contributed by atoms with Crippen LogP contribution in [-0.4, -0.2) is 9.78 Å². The average molecular weight is 230 g/mol. The van der Waals surface area contributed by atoms with Crippen molar-refractivity contribution in [2.45, 2.75) is 27.2 Å². The summed E-state index contributed by atoms with van der Waals surface area (Å²) in [6.07, 6.45) is 0.988. The summed E-state index contributed by atoms with van der Waals surface area (Å²) in [5, 5.41) is 4.54. The molecule has 4 nitrogen and oxygen atoms in total. The van der Waals surface area contributed by atoms with Gasteiger partial charge < -0.3 is 11.5 Å². The smallest absolute Gasteiger partial charge is 0.0670 e. The number of anilines is 2. The van der Waals surface area contributed by atoms with E-state index in [1.54, 1.807) is 0 Å². The number of rotatable bonds is 2. The van der Waals surface area contributed by atoms with Gasteiger partial charge in [0.15, 0.2) is 0 Å². The second-order valence-electron chi connectivity index (χ2n) is 4.23. The van der Waals surface area contributed by atoms with E-state index in [9.17, 15) is 0 Å². The van der Waals surface area contributed by atoms with E-state index in [-0.39, 0.29) is 0 Å². The lowest BCUT2D eigenvalue weighted by Crippen LogP contribution is -2.02. The van der Waals surface area contributed by atoms with Crippen molar-refractivity contribution in [3.8, 4) is 5.69 Å². The molecule has 0 saturated heterocycles. The summed E-state index contributed by atoms with van der Waals surface area (Å²) < 4.78 is 1.92. The van der Waals surface area contributed by atoms with Crippen molar-refractivity contribution in [3.63, 3.8) is 0 Å². The van der Waals surface area contributed by atoms with Crippen molar-refractivity contribution in [2.75, 3.05) is 11.5 Å². The number of benzene rings is 1. The molecule has 0 unspecified atom stereocenters. The average Bonchev–Trinajstić information content (AvgIpc) is 2.58. The van der Waals surface area contributed by atoms with E-state index in [0.717, 1.165) is 23.5 Å². The zero-order chi connectivity index (χ0) is 12.6. The second kappa shape index (κ2) is 4.13. The molecule has 0 saturated carbocycles. The van der Waals surface area contributed by atoms with Gasteiger partial charge in [-0.05, 0) is 44.0 Å². The van der Waals surface area contributed by atoms with E-state index in [1.807, 2.05) is 29.8 Å². The van der Waals surface area contributed by atoms with E-state index in [4.69, 9.17) is 11.5 Å². The van der Waals surface area contributed by atoms with Crippen LogP contribution in [0, 0.1) is 13.8 Å². The predicted octanol–water partition coefficient (Wildman–Crippen LogP) is 2.22. The topological polar surface area (TPSA) is 69.9 Å². The quantitative estimate of drug-likeness (QED) is 0.777. The van der Waals surface area contributed by atoms with Crippen LogP contribution in [0.5, 0.6) is 0 Å². The molecule has 0 fully saturated rings. The Morgan fingerprint density at radius 1 is 1.18 bits per heavy atom. The lowest BCUT2D eigenvalue weighted by Gasteiger charge is -2.07. The van der Waals surface area contributed by atoms with Gasteiger partial charge in [-0.15, -0.1) is 0 Å². The Labute approximate surface area is 101 Å². The van der Waals surface area contributed by atoms with Crippen molar-refractivity contribution in [2.24, 2.45) is 0 Å². The summed E-state index contributed by atoms with van der Waals surface area (Å²) in [6.45, 7) is 6.24. The first-order chi connectivity index (χ1) is 8.04. The van der Waals surface area contributed by atoms with Crippen LogP contribution in [0.4, 0.5) is 11.4 Å². The predicted molar refractivity (Wildman–Crippen MR) is 71.2 cm³/mol. The largest absolute Gasteiger partial charge is 0.397 e. The van der Waals surface area contributed by atoms with Crippen LogP contribution in [0.3, 0.4) is 0 Å². The van der Waals surface area contributed by atoms with Gasteiger partial charge in [-0.1, -0.05) is 6.92 Å². The van der Waals surface area contributed by atoms with E-state index < -0.39 is 0 Å².